The summed E-state index contributed by atoms with van der Waals surface area (Å²) in [6, 6.07) is 0. The van der Waals surface area contributed by atoms with Crippen molar-refractivity contribution >= 4 is 16.0 Å². The minimum atomic E-state index is -3.62. The second-order valence-corrected chi connectivity index (χ2v) is 7.19. The molecule has 9 heteroatoms. The molecule has 0 radical (unpaired) electrons. The first kappa shape index (κ1) is 15.9. The van der Waals surface area contributed by atoms with Gasteiger partial charge >= 0.3 is 5.97 Å². The number of carboxylic acid groups (broad SMARTS) is 1. The minimum Gasteiger partial charge on any atom is -0.480 e. The number of likely N-dealkylation sites (N-methyl/N-ethyl adjacent to an activating group) is 1. The third-order valence-corrected chi connectivity index (χ3v) is 5.35. The van der Waals surface area contributed by atoms with Crippen LogP contribution in [0.5, 0.6) is 0 Å². The van der Waals surface area contributed by atoms with Gasteiger partial charge in [0, 0.05) is 26.3 Å². The highest BCUT2D eigenvalue weighted by Gasteiger charge is 2.23. The largest absolute Gasteiger partial charge is 0.480 e. The molecule has 1 aliphatic rings. The fraction of sp³-hybridized carbons (Fsp3) is 0.667. The lowest BCUT2D eigenvalue weighted by Gasteiger charge is -2.20. The van der Waals surface area contributed by atoms with E-state index in [0.717, 1.165) is 17.8 Å². The molecule has 0 unspecified atom stereocenters. The van der Waals surface area contributed by atoms with E-state index in [1.54, 1.807) is 0 Å². The molecule has 1 aromatic rings. The Balaban J connectivity index is 1.98. The maximum absolute atomic E-state index is 12.3. The van der Waals surface area contributed by atoms with Crippen LogP contribution < -0.4 is 0 Å². The van der Waals surface area contributed by atoms with Gasteiger partial charge in [0.2, 0.25) is 10.0 Å². The highest BCUT2D eigenvalue weighted by Crippen LogP contribution is 2.14. The lowest BCUT2D eigenvalue weighted by atomic mass is 10.4. The number of aromatic nitrogens is 2. The topological polar surface area (TPSA) is 95.7 Å². The van der Waals surface area contributed by atoms with Crippen LogP contribution in [-0.4, -0.2) is 71.7 Å². The molecule has 0 aliphatic carbocycles. The standard InChI is InChI=1S/C12H20N4O4S/c1-14(6-7-15-4-2-3-5-15)21(19,20)11-8-13-16(9-11)10-12(17)18/h8-9H,2-7,10H2,1H3,(H,17,18). The summed E-state index contributed by atoms with van der Waals surface area (Å²) in [6.45, 7) is 2.80. The second kappa shape index (κ2) is 6.54. The Bertz CT molecular complexity index is 592. The van der Waals surface area contributed by atoms with Crippen molar-refractivity contribution in [2.45, 2.75) is 24.3 Å². The number of hydrogen-bond donors (Lipinski definition) is 1. The van der Waals surface area contributed by atoms with Gasteiger partial charge in [-0.1, -0.05) is 0 Å². The average molecular weight is 316 g/mol. The highest BCUT2D eigenvalue weighted by atomic mass is 32.2. The second-order valence-electron chi connectivity index (χ2n) is 5.14. The van der Waals surface area contributed by atoms with Crippen molar-refractivity contribution in [1.82, 2.24) is 19.0 Å². The SMILES string of the molecule is CN(CCN1CCCC1)S(=O)(=O)c1cnn(CC(=O)O)c1. The first-order valence-corrected chi connectivity index (χ1v) is 8.26. The Labute approximate surface area is 124 Å². The number of carbonyl (C=O) groups is 1. The fourth-order valence-corrected chi connectivity index (χ4v) is 3.41. The third kappa shape index (κ3) is 4.02. The smallest absolute Gasteiger partial charge is 0.325 e. The van der Waals surface area contributed by atoms with Crippen LogP contribution in [0.15, 0.2) is 17.3 Å². The summed E-state index contributed by atoms with van der Waals surface area (Å²) in [5, 5.41) is 12.4. The average Bonchev–Trinajstić information content (AvgIpc) is 3.06. The molecule has 118 valence electrons. The summed E-state index contributed by atoms with van der Waals surface area (Å²) in [5.41, 5.74) is 0. The molecule has 1 N–H and O–H groups in total. The summed E-state index contributed by atoms with van der Waals surface area (Å²) in [4.78, 5) is 12.8. The van der Waals surface area contributed by atoms with Crippen molar-refractivity contribution < 1.29 is 18.3 Å². The van der Waals surface area contributed by atoms with Crippen LogP contribution in [0.4, 0.5) is 0 Å². The molecule has 21 heavy (non-hydrogen) atoms. The molecule has 1 fully saturated rings. The maximum Gasteiger partial charge on any atom is 0.325 e. The predicted molar refractivity (Wildman–Crippen MR) is 75.4 cm³/mol. The molecule has 0 aromatic carbocycles. The van der Waals surface area contributed by atoms with Crippen LogP contribution in [-0.2, 0) is 21.4 Å². The van der Waals surface area contributed by atoms with E-state index >= 15 is 0 Å². The Hall–Kier alpha value is -1.45. The Morgan fingerprint density at radius 2 is 2.10 bits per heavy atom. The lowest BCUT2D eigenvalue weighted by molar-refractivity contribution is -0.137. The van der Waals surface area contributed by atoms with Crippen molar-refractivity contribution in [2.75, 3.05) is 33.2 Å². The minimum absolute atomic E-state index is 0.0210. The van der Waals surface area contributed by atoms with Gasteiger partial charge in [0.1, 0.15) is 11.4 Å². The van der Waals surface area contributed by atoms with E-state index in [1.165, 1.54) is 36.6 Å². The molecule has 2 heterocycles. The fourth-order valence-electron chi connectivity index (χ4n) is 2.29. The zero-order chi connectivity index (χ0) is 15.5. The van der Waals surface area contributed by atoms with Crippen molar-refractivity contribution in [1.29, 1.82) is 0 Å². The van der Waals surface area contributed by atoms with E-state index in [-0.39, 0.29) is 11.4 Å². The van der Waals surface area contributed by atoms with E-state index in [0.29, 0.717) is 13.1 Å². The molecule has 0 amide bonds. The zero-order valence-corrected chi connectivity index (χ0v) is 12.8. The summed E-state index contributed by atoms with van der Waals surface area (Å²) in [6.07, 6.45) is 4.76. The van der Waals surface area contributed by atoms with E-state index in [1.807, 2.05) is 0 Å². The summed E-state index contributed by atoms with van der Waals surface area (Å²) < 4.78 is 27.1. The van der Waals surface area contributed by atoms with Crippen molar-refractivity contribution in [3.8, 4) is 0 Å². The molecular formula is C12H20N4O4S. The number of aliphatic carboxylic acids is 1. The van der Waals surface area contributed by atoms with Crippen LogP contribution in [0.25, 0.3) is 0 Å². The molecule has 0 bridgehead atoms. The van der Waals surface area contributed by atoms with E-state index in [9.17, 15) is 13.2 Å². The number of carboxylic acids is 1. The monoisotopic (exact) mass is 316 g/mol. The van der Waals surface area contributed by atoms with Gasteiger partial charge in [0.15, 0.2) is 0 Å². The summed E-state index contributed by atoms with van der Waals surface area (Å²) in [7, 11) is -2.09. The molecule has 1 aromatic heterocycles. The predicted octanol–water partition coefficient (Wildman–Crippen LogP) is -0.316. The first-order chi connectivity index (χ1) is 9.89. The Kier molecular flexibility index (Phi) is 4.96. The van der Waals surface area contributed by atoms with Gasteiger partial charge in [-0.3, -0.25) is 9.48 Å². The normalized spacial score (nSPS) is 16.7. The van der Waals surface area contributed by atoms with Gasteiger partial charge in [-0.15, -0.1) is 0 Å². The lowest BCUT2D eigenvalue weighted by Crippen LogP contribution is -2.35. The van der Waals surface area contributed by atoms with Crippen molar-refractivity contribution in [2.24, 2.45) is 0 Å². The molecule has 1 saturated heterocycles. The zero-order valence-electron chi connectivity index (χ0n) is 12.0. The Morgan fingerprint density at radius 3 is 2.71 bits per heavy atom. The molecule has 0 saturated carbocycles. The Morgan fingerprint density at radius 1 is 1.43 bits per heavy atom. The molecule has 0 spiro atoms. The quantitative estimate of drug-likeness (QED) is 0.741. The van der Waals surface area contributed by atoms with Gasteiger partial charge in [-0.2, -0.15) is 9.40 Å². The van der Waals surface area contributed by atoms with Crippen molar-refractivity contribution in [3.63, 3.8) is 0 Å². The number of likely N-dealkylation sites (tertiary alicyclic amines) is 1. The summed E-state index contributed by atoms with van der Waals surface area (Å²) >= 11 is 0. The highest BCUT2D eigenvalue weighted by molar-refractivity contribution is 7.89. The van der Waals surface area contributed by atoms with Crippen LogP contribution in [0.1, 0.15) is 12.8 Å². The summed E-state index contributed by atoms with van der Waals surface area (Å²) in [5.74, 6) is -1.07. The van der Waals surface area contributed by atoms with Gasteiger partial charge in [0.25, 0.3) is 0 Å². The third-order valence-electron chi connectivity index (χ3n) is 3.54. The van der Waals surface area contributed by atoms with Crippen LogP contribution in [0.3, 0.4) is 0 Å². The van der Waals surface area contributed by atoms with Gasteiger partial charge in [-0.25, -0.2) is 8.42 Å². The van der Waals surface area contributed by atoms with Crippen LogP contribution in [0.2, 0.25) is 0 Å². The molecule has 0 atom stereocenters. The number of hydrogen-bond acceptors (Lipinski definition) is 5. The maximum atomic E-state index is 12.3. The van der Waals surface area contributed by atoms with E-state index in [4.69, 9.17) is 5.11 Å². The van der Waals surface area contributed by atoms with E-state index in [2.05, 4.69) is 10.00 Å². The van der Waals surface area contributed by atoms with Gasteiger partial charge in [0.05, 0.1) is 6.20 Å². The van der Waals surface area contributed by atoms with Gasteiger partial charge in [-0.05, 0) is 25.9 Å². The number of rotatable bonds is 7. The number of nitrogens with zero attached hydrogens (tertiary/aromatic N) is 4. The van der Waals surface area contributed by atoms with Crippen LogP contribution >= 0.6 is 0 Å². The number of sulfonamides is 1. The van der Waals surface area contributed by atoms with Crippen molar-refractivity contribution in [3.05, 3.63) is 12.4 Å². The van der Waals surface area contributed by atoms with E-state index < -0.39 is 16.0 Å². The molecule has 8 nitrogen and oxygen atoms in total. The molecule has 1 aliphatic heterocycles. The molecular weight excluding hydrogens is 296 g/mol. The van der Waals surface area contributed by atoms with Crippen LogP contribution in [0, 0.1) is 0 Å². The molecule has 2 rings (SSSR count). The first-order valence-electron chi connectivity index (χ1n) is 6.82. The van der Waals surface area contributed by atoms with Gasteiger partial charge < -0.3 is 10.0 Å².